The Kier molecular flexibility index (Phi) is 3.65. The molecule has 1 aliphatic heterocycles. The largest absolute Gasteiger partial charge is 0.384 e. The summed E-state index contributed by atoms with van der Waals surface area (Å²) in [4.78, 5) is 0. The van der Waals surface area contributed by atoms with Gasteiger partial charge in [0.2, 0.25) is 10.0 Å². The van der Waals surface area contributed by atoms with Gasteiger partial charge in [0.25, 0.3) is 0 Å². The lowest BCUT2D eigenvalue weighted by atomic mass is 10.3. The molecule has 1 unspecified atom stereocenters. The van der Waals surface area contributed by atoms with E-state index in [1.54, 1.807) is 0 Å². The highest BCUT2D eigenvalue weighted by atomic mass is 32.2. The van der Waals surface area contributed by atoms with E-state index in [2.05, 4.69) is 14.9 Å². The number of hydrogen-bond acceptors (Lipinski definition) is 5. The minimum Gasteiger partial charge on any atom is -0.384 e. The van der Waals surface area contributed by atoms with E-state index in [9.17, 15) is 8.42 Å². The Morgan fingerprint density at radius 1 is 1.65 bits per heavy atom. The maximum absolute atomic E-state index is 11.7. The minimum atomic E-state index is -3.33. The van der Waals surface area contributed by atoms with Gasteiger partial charge in [-0.3, -0.25) is 5.10 Å². The molecule has 7 nitrogen and oxygen atoms in total. The topological polar surface area (TPSA) is 110 Å². The Morgan fingerprint density at radius 3 is 3.06 bits per heavy atom. The quantitative estimate of drug-likeness (QED) is 0.666. The molecular weight excluding hydrogens is 244 g/mol. The summed E-state index contributed by atoms with van der Waals surface area (Å²) in [5, 5.41) is 6.26. The molecule has 0 bridgehead atoms. The van der Waals surface area contributed by atoms with Gasteiger partial charge >= 0.3 is 0 Å². The highest BCUT2D eigenvalue weighted by Crippen LogP contribution is 2.14. The van der Waals surface area contributed by atoms with Crippen LogP contribution in [-0.4, -0.2) is 37.1 Å². The van der Waals surface area contributed by atoms with Crippen LogP contribution in [-0.2, 0) is 21.3 Å². The van der Waals surface area contributed by atoms with Crippen LogP contribution in [0.1, 0.15) is 18.4 Å². The lowest BCUT2D eigenvalue weighted by Gasteiger charge is -2.10. The fourth-order valence-corrected chi connectivity index (χ4v) is 2.97. The van der Waals surface area contributed by atoms with E-state index in [0.717, 1.165) is 12.8 Å². The summed E-state index contributed by atoms with van der Waals surface area (Å²) in [7, 11) is -3.33. The second-order valence-electron chi connectivity index (χ2n) is 4.05. The number of anilines is 1. The molecule has 4 N–H and O–H groups in total. The molecule has 1 aromatic rings. The summed E-state index contributed by atoms with van der Waals surface area (Å²) in [5.41, 5.74) is 6.20. The van der Waals surface area contributed by atoms with Gasteiger partial charge < -0.3 is 10.5 Å². The van der Waals surface area contributed by atoms with Crippen molar-refractivity contribution in [3.05, 3.63) is 11.8 Å². The molecular formula is C9H16N4O3S. The van der Waals surface area contributed by atoms with Crippen molar-refractivity contribution in [2.75, 3.05) is 18.1 Å². The van der Waals surface area contributed by atoms with Crippen molar-refractivity contribution in [2.24, 2.45) is 0 Å². The second-order valence-corrected chi connectivity index (χ2v) is 5.90. The van der Waals surface area contributed by atoms with Crippen LogP contribution >= 0.6 is 0 Å². The van der Waals surface area contributed by atoms with Crippen LogP contribution in [0.15, 0.2) is 6.20 Å². The van der Waals surface area contributed by atoms with Crippen molar-refractivity contribution in [3.63, 3.8) is 0 Å². The summed E-state index contributed by atoms with van der Waals surface area (Å²) >= 11 is 0. The summed E-state index contributed by atoms with van der Waals surface area (Å²) in [6.07, 6.45) is 3.04. The van der Waals surface area contributed by atoms with Crippen molar-refractivity contribution >= 4 is 15.8 Å². The summed E-state index contributed by atoms with van der Waals surface area (Å²) in [6, 6.07) is 0. The summed E-state index contributed by atoms with van der Waals surface area (Å²) in [5.74, 6) is 0.384. The highest BCUT2D eigenvalue weighted by molar-refractivity contribution is 7.89. The number of aromatic amines is 1. The molecule has 2 rings (SSSR count). The van der Waals surface area contributed by atoms with Crippen LogP contribution in [0.25, 0.3) is 0 Å². The number of nitrogens with one attached hydrogen (secondary N) is 2. The van der Waals surface area contributed by atoms with Gasteiger partial charge in [-0.05, 0) is 12.8 Å². The predicted octanol–water partition coefficient (Wildman–Crippen LogP) is -0.410. The van der Waals surface area contributed by atoms with Gasteiger partial charge in [-0.1, -0.05) is 0 Å². The van der Waals surface area contributed by atoms with E-state index in [1.165, 1.54) is 6.20 Å². The van der Waals surface area contributed by atoms with Crippen molar-refractivity contribution in [1.29, 1.82) is 0 Å². The molecule has 96 valence electrons. The standard InChI is InChI=1S/C9H16N4O3S/c10-9-7(4-11-13-9)5-12-17(14,15)6-8-2-1-3-16-8/h4,8,12H,1-3,5-6H2,(H3,10,11,13). The lowest BCUT2D eigenvalue weighted by Crippen LogP contribution is -2.31. The number of hydrogen-bond donors (Lipinski definition) is 3. The van der Waals surface area contributed by atoms with Gasteiger partial charge in [0.05, 0.1) is 18.1 Å². The number of aromatic nitrogens is 2. The Morgan fingerprint density at radius 2 is 2.47 bits per heavy atom. The van der Waals surface area contributed by atoms with Crippen LogP contribution < -0.4 is 10.5 Å². The SMILES string of the molecule is Nc1[nH]ncc1CNS(=O)(=O)CC1CCCO1. The van der Waals surface area contributed by atoms with E-state index in [-0.39, 0.29) is 18.4 Å². The molecule has 1 atom stereocenters. The zero-order valence-corrected chi connectivity index (χ0v) is 10.2. The molecule has 1 aliphatic rings. The van der Waals surface area contributed by atoms with E-state index < -0.39 is 10.0 Å². The van der Waals surface area contributed by atoms with Crippen molar-refractivity contribution in [2.45, 2.75) is 25.5 Å². The molecule has 0 spiro atoms. The molecule has 1 saturated heterocycles. The monoisotopic (exact) mass is 260 g/mol. The normalized spacial score (nSPS) is 20.8. The first kappa shape index (κ1) is 12.3. The minimum absolute atomic E-state index is 0.00472. The van der Waals surface area contributed by atoms with Gasteiger partial charge in [0, 0.05) is 18.7 Å². The van der Waals surface area contributed by atoms with E-state index >= 15 is 0 Å². The van der Waals surface area contributed by atoms with Gasteiger partial charge in [-0.25, -0.2) is 13.1 Å². The highest BCUT2D eigenvalue weighted by Gasteiger charge is 2.23. The van der Waals surface area contributed by atoms with E-state index in [1.807, 2.05) is 0 Å². The fourth-order valence-electron chi connectivity index (χ4n) is 1.73. The maximum atomic E-state index is 11.7. The number of H-pyrrole nitrogens is 1. The van der Waals surface area contributed by atoms with Crippen LogP contribution in [0.4, 0.5) is 5.82 Å². The third kappa shape index (κ3) is 3.42. The maximum Gasteiger partial charge on any atom is 0.214 e. The van der Waals surface area contributed by atoms with E-state index in [0.29, 0.717) is 18.0 Å². The van der Waals surface area contributed by atoms with Crippen LogP contribution in [0, 0.1) is 0 Å². The second kappa shape index (κ2) is 5.03. The first-order valence-corrected chi connectivity index (χ1v) is 7.09. The molecule has 0 aliphatic carbocycles. The summed E-state index contributed by atoms with van der Waals surface area (Å²) in [6.45, 7) is 0.798. The van der Waals surface area contributed by atoms with Gasteiger partial charge in [0.1, 0.15) is 5.82 Å². The van der Waals surface area contributed by atoms with Gasteiger partial charge in [-0.2, -0.15) is 5.10 Å². The Hall–Kier alpha value is -1.12. The number of nitrogens with two attached hydrogens (primary N) is 1. The third-order valence-electron chi connectivity index (χ3n) is 2.66. The van der Waals surface area contributed by atoms with E-state index in [4.69, 9.17) is 10.5 Å². The molecule has 0 amide bonds. The number of nitrogen functional groups attached to an aromatic ring is 1. The molecule has 1 aromatic heterocycles. The lowest BCUT2D eigenvalue weighted by molar-refractivity contribution is 0.127. The molecule has 0 aromatic carbocycles. The Bertz CT molecular complexity index is 464. The number of sulfonamides is 1. The number of nitrogens with zero attached hydrogens (tertiary/aromatic N) is 1. The Balaban J connectivity index is 1.87. The zero-order valence-electron chi connectivity index (χ0n) is 9.35. The van der Waals surface area contributed by atoms with Crippen LogP contribution in [0.3, 0.4) is 0 Å². The van der Waals surface area contributed by atoms with Crippen molar-refractivity contribution < 1.29 is 13.2 Å². The molecule has 0 radical (unpaired) electrons. The van der Waals surface area contributed by atoms with Crippen LogP contribution in [0.5, 0.6) is 0 Å². The zero-order chi connectivity index (χ0) is 12.3. The predicted molar refractivity (Wildman–Crippen MR) is 62.6 cm³/mol. The van der Waals surface area contributed by atoms with Crippen molar-refractivity contribution in [3.8, 4) is 0 Å². The average Bonchev–Trinajstić information content (AvgIpc) is 2.87. The molecule has 17 heavy (non-hydrogen) atoms. The van der Waals surface area contributed by atoms with Crippen LogP contribution in [0.2, 0.25) is 0 Å². The third-order valence-corrected chi connectivity index (χ3v) is 4.06. The fraction of sp³-hybridized carbons (Fsp3) is 0.667. The molecule has 0 saturated carbocycles. The average molecular weight is 260 g/mol. The number of ether oxygens (including phenoxy) is 1. The first-order chi connectivity index (χ1) is 8.07. The van der Waals surface area contributed by atoms with Gasteiger partial charge in [-0.15, -0.1) is 0 Å². The first-order valence-electron chi connectivity index (χ1n) is 5.43. The number of rotatable bonds is 5. The summed E-state index contributed by atoms with van der Waals surface area (Å²) < 4.78 is 31.2. The molecule has 8 heteroatoms. The molecule has 1 fully saturated rings. The Labute approximate surface area is 99.8 Å². The van der Waals surface area contributed by atoms with Gasteiger partial charge in [0.15, 0.2) is 0 Å². The smallest absolute Gasteiger partial charge is 0.214 e. The molecule has 2 heterocycles. The van der Waals surface area contributed by atoms with Crippen molar-refractivity contribution in [1.82, 2.24) is 14.9 Å².